The molecule has 0 saturated heterocycles. The molecule has 0 unspecified atom stereocenters. The van der Waals surface area contributed by atoms with Crippen molar-refractivity contribution < 1.29 is 19.8 Å². The molecule has 0 aromatic rings. The van der Waals surface area contributed by atoms with Crippen LogP contribution in [-0.4, -0.2) is 52.9 Å². The average Bonchev–Trinajstić information content (AvgIpc) is 2.28. The van der Waals surface area contributed by atoms with E-state index in [0.29, 0.717) is 13.1 Å². The molecular formula is C11H20N2O4. The van der Waals surface area contributed by atoms with E-state index in [1.165, 1.54) is 4.90 Å². The molecule has 0 spiro atoms. The number of carboxylic acids is 1. The van der Waals surface area contributed by atoms with Crippen molar-refractivity contribution in [1.82, 2.24) is 10.2 Å². The standard InChI is InChI=1S/C11H20N2O4/c1-3-6-13(7-4-2)11(17)12-9(5-8-14)10(15)16/h3,9,14H,1,4-8H2,2H3,(H,12,17)(H,15,16)/t9-/m1/s1. The lowest BCUT2D eigenvalue weighted by molar-refractivity contribution is -0.139. The Kier molecular flexibility index (Phi) is 7.79. The fraction of sp³-hybridized carbons (Fsp3) is 0.636. The van der Waals surface area contributed by atoms with Crippen LogP contribution < -0.4 is 5.32 Å². The first-order chi connectivity index (χ1) is 8.06. The fourth-order valence-corrected chi connectivity index (χ4v) is 1.33. The number of nitrogens with zero attached hydrogens (tertiary/aromatic N) is 1. The zero-order valence-corrected chi connectivity index (χ0v) is 10.1. The van der Waals surface area contributed by atoms with E-state index in [1.54, 1.807) is 6.08 Å². The second-order valence-corrected chi connectivity index (χ2v) is 3.59. The highest BCUT2D eigenvalue weighted by Gasteiger charge is 2.21. The van der Waals surface area contributed by atoms with Crippen LogP contribution in [0.4, 0.5) is 4.79 Å². The lowest BCUT2D eigenvalue weighted by Crippen LogP contribution is -2.48. The van der Waals surface area contributed by atoms with Gasteiger partial charge >= 0.3 is 12.0 Å². The van der Waals surface area contributed by atoms with E-state index >= 15 is 0 Å². The Bertz CT molecular complexity index is 268. The Labute approximate surface area is 101 Å². The first kappa shape index (κ1) is 15.4. The highest BCUT2D eigenvalue weighted by molar-refractivity contribution is 5.82. The van der Waals surface area contributed by atoms with Crippen molar-refractivity contribution >= 4 is 12.0 Å². The van der Waals surface area contributed by atoms with Gasteiger partial charge in [0.25, 0.3) is 0 Å². The second-order valence-electron chi connectivity index (χ2n) is 3.59. The van der Waals surface area contributed by atoms with Gasteiger partial charge in [0.05, 0.1) is 0 Å². The number of amides is 2. The molecule has 0 radical (unpaired) electrons. The van der Waals surface area contributed by atoms with Gasteiger partial charge in [0.1, 0.15) is 6.04 Å². The number of aliphatic carboxylic acids is 1. The largest absolute Gasteiger partial charge is 0.480 e. The maximum absolute atomic E-state index is 11.7. The summed E-state index contributed by atoms with van der Waals surface area (Å²) in [6.07, 6.45) is 2.35. The lowest BCUT2D eigenvalue weighted by atomic mass is 10.2. The van der Waals surface area contributed by atoms with Crippen molar-refractivity contribution in [2.75, 3.05) is 19.7 Å². The zero-order valence-electron chi connectivity index (χ0n) is 10.1. The summed E-state index contributed by atoms with van der Waals surface area (Å²) in [7, 11) is 0. The van der Waals surface area contributed by atoms with E-state index in [4.69, 9.17) is 10.2 Å². The number of hydrogen-bond acceptors (Lipinski definition) is 3. The third-order valence-electron chi connectivity index (χ3n) is 2.14. The summed E-state index contributed by atoms with van der Waals surface area (Å²) in [5.74, 6) is -1.15. The van der Waals surface area contributed by atoms with Crippen LogP contribution in [0.15, 0.2) is 12.7 Å². The molecule has 0 bridgehead atoms. The van der Waals surface area contributed by atoms with Crippen molar-refractivity contribution in [3.05, 3.63) is 12.7 Å². The van der Waals surface area contributed by atoms with Crippen molar-refractivity contribution in [3.8, 4) is 0 Å². The fourth-order valence-electron chi connectivity index (χ4n) is 1.33. The molecule has 0 saturated carbocycles. The van der Waals surface area contributed by atoms with Crippen LogP contribution in [0.3, 0.4) is 0 Å². The summed E-state index contributed by atoms with van der Waals surface area (Å²) >= 11 is 0. The number of carbonyl (C=O) groups is 2. The van der Waals surface area contributed by atoms with Gasteiger partial charge in [-0.1, -0.05) is 13.0 Å². The summed E-state index contributed by atoms with van der Waals surface area (Å²) in [5.41, 5.74) is 0. The number of urea groups is 1. The van der Waals surface area contributed by atoms with Gasteiger partial charge in [-0.3, -0.25) is 0 Å². The van der Waals surface area contributed by atoms with E-state index in [2.05, 4.69) is 11.9 Å². The molecule has 1 atom stereocenters. The normalized spacial score (nSPS) is 11.6. The topological polar surface area (TPSA) is 89.9 Å². The quantitative estimate of drug-likeness (QED) is 0.540. The molecule has 17 heavy (non-hydrogen) atoms. The zero-order chi connectivity index (χ0) is 13.3. The van der Waals surface area contributed by atoms with Crippen LogP contribution in [0.5, 0.6) is 0 Å². The molecule has 3 N–H and O–H groups in total. The maximum Gasteiger partial charge on any atom is 0.326 e. The molecule has 0 heterocycles. The third kappa shape index (κ3) is 5.91. The van der Waals surface area contributed by atoms with Crippen molar-refractivity contribution in [2.24, 2.45) is 0 Å². The summed E-state index contributed by atoms with van der Waals surface area (Å²) in [6.45, 7) is 6.07. The van der Waals surface area contributed by atoms with Gasteiger partial charge in [0, 0.05) is 26.1 Å². The van der Waals surface area contributed by atoms with Gasteiger partial charge in [-0.2, -0.15) is 0 Å². The third-order valence-corrected chi connectivity index (χ3v) is 2.14. The van der Waals surface area contributed by atoms with Crippen molar-refractivity contribution in [3.63, 3.8) is 0 Å². The van der Waals surface area contributed by atoms with Gasteiger partial charge in [0.15, 0.2) is 0 Å². The molecule has 0 aromatic carbocycles. The summed E-state index contributed by atoms with van der Waals surface area (Å²) in [5, 5.41) is 19.9. The molecule has 2 amide bonds. The van der Waals surface area contributed by atoms with Crippen LogP contribution in [0.2, 0.25) is 0 Å². The minimum atomic E-state index is -1.15. The second kappa shape index (κ2) is 8.58. The Hall–Kier alpha value is -1.56. The molecule has 0 aromatic heterocycles. The molecule has 98 valence electrons. The van der Waals surface area contributed by atoms with Gasteiger partial charge in [-0.05, 0) is 6.42 Å². The molecular weight excluding hydrogens is 224 g/mol. The lowest BCUT2D eigenvalue weighted by Gasteiger charge is -2.23. The Morgan fingerprint density at radius 3 is 2.59 bits per heavy atom. The van der Waals surface area contributed by atoms with E-state index in [9.17, 15) is 9.59 Å². The first-order valence-electron chi connectivity index (χ1n) is 5.56. The minimum Gasteiger partial charge on any atom is -0.480 e. The number of aliphatic hydroxyl groups is 1. The molecule has 6 heteroatoms. The van der Waals surface area contributed by atoms with Gasteiger partial charge in [0.2, 0.25) is 0 Å². The number of rotatable bonds is 8. The summed E-state index contributed by atoms with van der Waals surface area (Å²) in [4.78, 5) is 24.0. The van der Waals surface area contributed by atoms with E-state index in [-0.39, 0.29) is 13.0 Å². The number of carboxylic acid groups (broad SMARTS) is 1. The van der Waals surface area contributed by atoms with Crippen LogP contribution in [0, 0.1) is 0 Å². The van der Waals surface area contributed by atoms with E-state index in [0.717, 1.165) is 6.42 Å². The number of carbonyl (C=O) groups excluding carboxylic acids is 1. The smallest absolute Gasteiger partial charge is 0.326 e. The van der Waals surface area contributed by atoms with Gasteiger partial charge in [-0.25, -0.2) is 9.59 Å². The summed E-state index contributed by atoms with van der Waals surface area (Å²) in [6, 6.07) is -1.51. The predicted octanol–water partition coefficient (Wildman–Crippen LogP) is 0.430. The van der Waals surface area contributed by atoms with Gasteiger partial charge in [-0.15, -0.1) is 6.58 Å². The van der Waals surface area contributed by atoms with Crippen LogP contribution in [0.1, 0.15) is 19.8 Å². The van der Waals surface area contributed by atoms with Crippen LogP contribution in [-0.2, 0) is 4.79 Å². The predicted molar refractivity (Wildman–Crippen MR) is 63.7 cm³/mol. The van der Waals surface area contributed by atoms with Crippen molar-refractivity contribution in [2.45, 2.75) is 25.8 Å². The number of nitrogens with one attached hydrogen (secondary N) is 1. The maximum atomic E-state index is 11.7. The number of hydrogen-bond donors (Lipinski definition) is 3. The first-order valence-corrected chi connectivity index (χ1v) is 5.56. The summed E-state index contributed by atoms with van der Waals surface area (Å²) < 4.78 is 0. The minimum absolute atomic E-state index is 0.00483. The SMILES string of the molecule is C=CCN(CCC)C(=O)N[C@H](CCO)C(=O)O. The Balaban J connectivity index is 4.43. The van der Waals surface area contributed by atoms with Crippen molar-refractivity contribution in [1.29, 1.82) is 0 Å². The highest BCUT2D eigenvalue weighted by Crippen LogP contribution is 1.97. The molecule has 0 aliphatic rings. The monoisotopic (exact) mass is 244 g/mol. The molecule has 0 aliphatic heterocycles. The molecule has 0 fully saturated rings. The van der Waals surface area contributed by atoms with Gasteiger partial charge < -0.3 is 20.4 Å². The Morgan fingerprint density at radius 2 is 2.18 bits per heavy atom. The van der Waals surface area contributed by atoms with E-state index < -0.39 is 18.0 Å². The molecule has 6 nitrogen and oxygen atoms in total. The van der Waals surface area contributed by atoms with Crippen LogP contribution >= 0.6 is 0 Å². The molecule has 0 aliphatic carbocycles. The number of aliphatic hydroxyl groups excluding tert-OH is 1. The highest BCUT2D eigenvalue weighted by atomic mass is 16.4. The average molecular weight is 244 g/mol. The van der Waals surface area contributed by atoms with Crippen LogP contribution in [0.25, 0.3) is 0 Å². The Morgan fingerprint density at radius 1 is 1.53 bits per heavy atom. The van der Waals surface area contributed by atoms with E-state index in [1.807, 2.05) is 6.92 Å². The molecule has 0 rings (SSSR count).